The molecule has 15 heavy (non-hydrogen) atoms. The molecule has 1 nitrogen and oxygen atoms in total. The van der Waals surface area contributed by atoms with Gasteiger partial charge in [-0.2, -0.15) is 0 Å². The van der Waals surface area contributed by atoms with Crippen molar-refractivity contribution in [1.82, 2.24) is 0 Å². The maximum atomic E-state index is 11.8. The summed E-state index contributed by atoms with van der Waals surface area (Å²) in [7, 11) is 0. The van der Waals surface area contributed by atoms with Crippen molar-refractivity contribution in [3.8, 4) is 0 Å². The van der Waals surface area contributed by atoms with Crippen molar-refractivity contribution in [2.45, 2.75) is 72.1 Å². The molecule has 0 aliphatic rings. The molecule has 0 amide bonds. The highest BCUT2D eigenvalue weighted by Crippen LogP contribution is 2.13. The molecule has 0 rings (SSSR count). The zero-order chi connectivity index (χ0) is 11.5. The fraction of sp³-hybridized carbons (Fsp3) is 0.786. The van der Waals surface area contributed by atoms with E-state index in [-0.39, 0.29) is 0 Å². The lowest BCUT2D eigenvalue weighted by atomic mass is 9.99. The largest absolute Gasteiger partial charge is 0.295 e. The van der Waals surface area contributed by atoms with Crippen LogP contribution in [-0.4, -0.2) is 5.78 Å². The van der Waals surface area contributed by atoms with Crippen LogP contribution in [0.2, 0.25) is 0 Å². The lowest BCUT2D eigenvalue weighted by molar-refractivity contribution is -0.115. The minimum absolute atomic E-state index is 0.377. The summed E-state index contributed by atoms with van der Waals surface area (Å²) >= 11 is 0. The van der Waals surface area contributed by atoms with Crippen molar-refractivity contribution in [2.24, 2.45) is 0 Å². The van der Waals surface area contributed by atoms with E-state index in [0.717, 1.165) is 31.3 Å². The molecule has 0 fully saturated rings. The molecule has 0 bridgehead atoms. The van der Waals surface area contributed by atoms with Crippen LogP contribution in [-0.2, 0) is 4.79 Å². The molecule has 0 aliphatic heterocycles. The fourth-order valence-electron chi connectivity index (χ4n) is 1.71. The predicted octanol–water partition coefficient (Wildman–Crippen LogP) is 4.66. The SMILES string of the molecule is C/C=C(\CCCCC)C(=O)CCCCC. The van der Waals surface area contributed by atoms with E-state index in [9.17, 15) is 4.79 Å². The molecular formula is C14H26O. The Hall–Kier alpha value is -0.590. The van der Waals surface area contributed by atoms with Gasteiger partial charge in [-0.15, -0.1) is 0 Å². The van der Waals surface area contributed by atoms with Crippen molar-refractivity contribution in [3.05, 3.63) is 11.6 Å². The van der Waals surface area contributed by atoms with Crippen LogP contribution in [0.4, 0.5) is 0 Å². The number of ketones is 1. The zero-order valence-electron chi connectivity index (χ0n) is 10.6. The summed E-state index contributed by atoms with van der Waals surface area (Å²) in [5, 5.41) is 0. The Bertz CT molecular complexity index is 192. The average Bonchev–Trinajstić information content (AvgIpc) is 2.24. The average molecular weight is 210 g/mol. The van der Waals surface area contributed by atoms with Crippen LogP contribution >= 0.6 is 0 Å². The van der Waals surface area contributed by atoms with Crippen LogP contribution in [0, 0.1) is 0 Å². The standard InChI is InChI=1S/C14H26O/c1-4-7-9-11-13(6-3)14(15)12-10-8-5-2/h6H,4-5,7-12H2,1-3H3/b13-6+. The summed E-state index contributed by atoms with van der Waals surface area (Å²) in [5.41, 5.74) is 1.06. The van der Waals surface area contributed by atoms with Gasteiger partial charge in [-0.25, -0.2) is 0 Å². The first kappa shape index (κ1) is 14.4. The van der Waals surface area contributed by atoms with E-state index in [4.69, 9.17) is 0 Å². The van der Waals surface area contributed by atoms with Crippen molar-refractivity contribution < 1.29 is 4.79 Å². The number of unbranched alkanes of at least 4 members (excludes halogenated alkanes) is 4. The molecule has 0 N–H and O–H groups in total. The highest BCUT2D eigenvalue weighted by Gasteiger charge is 2.07. The van der Waals surface area contributed by atoms with Crippen LogP contribution in [0.15, 0.2) is 11.6 Å². The van der Waals surface area contributed by atoms with Gasteiger partial charge in [0.05, 0.1) is 0 Å². The Morgan fingerprint density at radius 1 is 0.933 bits per heavy atom. The quantitative estimate of drug-likeness (QED) is 0.399. The maximum absolute atomic E-state index is 11.8. The van der Waals surface area contributed by atoms with Crippen molar-refractivity contribution in [3.63, 3.8) is 0 Å². The molecule has 0 aromatic heterocycles. The number of carbonyl (C=O) groups is 1. The third-order valence-electron chi connectivity index (χ3n) is 2.76. The second-order valence-corrected chi connectivity index (χ2v) is 4.15. The van der Waals surface area contributed by atoms with E-state index < -0.39 is 0 Å². The Kier molecular flexibility index (Phi) is 9.55. The molecule has 0 heterocycles. The molecule has 0 aromatic rings. The molecule has 88 valence electrons. The minimum atomic E-state index is 0.377. The molecule has 0 spiro atoms. The lowest BCUT2D eigenvalue weighted by Crippen LogP contribution is -2.02. The lowest BCUT2D eigenvalue weighted by Gasteiger charge is -2.05. The third kappa shape index (κ3) is 7.35. The van der Waals surface area contributed by atoms with Crippen LogP contribution in [0.25, 0.3) is 0 Å². The Morgan fingerprint density at radius 3 is 1.93 bits per heavy atom. The van der Waals surface area contributed by atoms with Gasteiger partial charge in [0.15, 0.2) is 5.78 Å². The molecular weight excluding hydrogens is 184 g/mol. The van der Waals surface area contributed by atoms with Gasteiger partial charge in [-0.1, -0.05) is 45.6 Å². The Morgan fingerprint density at radius 2 is 1.47 bits per heavy atom. The maximum Gasteiger partial charge on any atom is 0.158 e. The van der Waals surface area contributed by atoms with Crippen LogP contribution < -0.4 is 0 Å². The molecule has 0 unspecified atom stereocenters. The van der Waals surface area contributed by atoms with E-state index in [1.807, 2.05) is 13.0 Å². The first-order chi connectivity index (χ1) is 7.26. The van der Waals surface area contributed by atoms with E-state index in [0.29, 0.717) is 5.78 Å². The molecule has 0 aromatic carbocycles. The molecule has 0 saturated carbocycles. The van der Waals surface area contributed by atoms with Crippen molar-refractivity contribution in [2.75, 3.05) is 0 Å². The van der Waals surface area contributed by atoms with Gasteiger partial charge in [0.2, 0.25) is 0 Å². The number of hydrogen-bond donors (Lipinski definition) is 0. The Labute approximate surface area is 95.0 Å². The van der Waals surface area contributed by atoms with E-state index in [1.54, 1.807) is 0 Å². The molecule has 0 radical (unpaired) electrons. The van der Waals surface area contributed by atoms with E-state index in [2.05, 4.69) is 13.8 Å². The van der Waals surface area contributed by atoms with Gasteiger partial charge in [0, 0.05) is 6.42 Å². The molecule has 0 atom stereocenters. The highest BCUT2D eigenvalue weighted by atomic mass is 16.1. The second kappa shape index (κ2) is 9.95. The van der Waals surface area contributed by atoms with Crippen LogP contribution in [0.1, 0.15) is 72.1 Å². The fourth-order valence-corrected chi connectivity index (χ4v) is 1.71. The first-order valence-corrected chi connectivity index (χ1v) is 6.44. The predicted molar refractivity (Wildman–Crippen MR) is 67.0 cm³/mol. The summed E-state index contributed by atoms with van der Waals surface area (Å²) < 4.78 is 0. The molecule has 1 heteroatoms. The molecule has 0 saturated heterocycles. The second-order valence-electron chi connectivity index (χ2n) is 4.15. The number of hydrogen-bond acceptors (Lipinski definition) is 1. The van der Waals surface area contributed by atoms with Gasteiger partial charge in [-0.05, 0) is 31.8 Å². The summed E-state index contributed by atoms with van der Waals surface area (Å²) in [6.45, 7) is 6.35. The normalized spacial score (nSPS) is 11.8. The number of carbonyl (C=O) groups excluding carboxylic acids is 1. The monoisotopic (exact) mass is 210 g/mol. The van der Waals surface area contributed by atoms with Crippen LogP contribution in [0.5, 0.6) is 0 Å². The molecule has 0 aliphatic carbocycles. The Balaban J connectivity index is 3.79. The van der Waals surface area contributed by atoms with Gasteiger partial charge in [-0.3, -0.25) is 4.79 Å². The smallest absolute Gasteiger partial charge is 0.158 e. The third-order valence-corrected chi connectivity index (χ3v) is 2.76. The van der Waals surface area contributed by atoms with E-state index in [1.165, 1.54) is 25.7 Å². The van der Waals surface area contributed by atoms with Gasteiger partial charge < -0.3 is 0 Å². The van der Waals surface area contributed by atoms with Gasteiger partial charge >= 0.3 is 0 Å². The number of Topliss-reactive ketones (excluding diaryl/α,β-unsaturated/α-hetero) is 1. The summed E-state index contributed by atoms with van der Waals surface area (Å²) in [6.07, 6.45) is 10.8. The summed E-state index contributed by atoms with van der Waals surface area (Å²) in [6, 6.07) is 0. The first-order valence-electron chi connectivity index (χ1n) is 6.44. The highest BCUT2D eigenvalue weighted by molar-refractivity contribution is 5.95. The van der Waals surface area contributed by atoms with Gasteiger partial charge in [0.25, 0.3) is 0 Å². The van der Waals surface area contributed by atoms with Crippen molar-refractivity contribution in [1.29, 1.82) is 0 Å². The van der Waals surface area contributed by atoms with Crippen LogP contribution in [0.3, 0.4) is 0 Å². The van der Waals surface area contributed by atoms with Gasteiger partial charge in [0.1, 0.15) is 0 Å². The number of allylic oxidation sites excluding steroid dienone is 2. The summed E-state index contributed by atoms with van der Waals surface area (Å²) in [5.74, 6) is 0.377. The summed E-state index contributed by atoms with van der Waals surface area (Å²) in [4.78, 5) is 11.8. The van der Waals surface area contributed by atoms with E-state index >= 15 is 0 Å². The number of rotatable bonds is 9. The minimum Gasteiger partial charge on any atom is -0.295 e. The topological polar surface area (TPSA) is 17.1 Å². The zero-order valence-corrected chi connectivity index (χ0v) is 10.6. The van der Waals surface area contributed by atoms with Crippen molar-refractivity contribution >= 4 is 5.78 Å².